The third kappa shape index (κ3) is 2.73. The number of hydrogen-bond donors (Lipinski definition) is 1. The first-order chi connectivity index (χ1) is 7.79. The van der Waals surface area contributed by atoms with Crippen molar-refractivity contribution >= 4 is 5.82 Å². The van der Waals surface area contributed by atoms with Gasteiger partial charge in [-0.05, 0) is 50.9 Å². The minimum atomic E-state index is 0.921. The molecule has 0 saturated carbocycles. The number of nitrogens with zero attached hydrogens (tertiary/aromatic N) is 2. The van der Waals surface area contributed by atoms with Gasteiger partial charge < -0.3 is 10.2 Å². The number of aromatic nitrogens is 1. The zero-order valence-corrected chi connectivity index (χ0v) is 10.3. The van der Waals surface area contributed by atoms with Crippen LogP contribution in [0.2, 0.25) is 0 Å². The van der Waals surface area contributed by atoms with Gasteiger partial charge in [-0.3, -0.25) is 0 Å². The molecular weight excluding hydrogens is 198 g/mol. The molecule has 1 saturated heterocycles. The zero-order chi connectivity index (χ0) is 11.4. The summed E-state index contributed by atoms with van der Waals surface area (Å²) in [6.45, 7) is 5.32. The summed E-state index contributed by atoms with van der Waals surface area (Å²) in [5.74, 6) is 1.16. The Morgan fingerprint density at radius 2 is 2.00 bits per heavy atom. The summed E-state index contributed by atoms with van der Waals surface area (Å²) in [4.78, 5) is 7.05. The number of hydrogen-bond acceptors (Lipinski definition) is 3. The van der Waals surface area contributed by atoms with E-state index in [9.17, 15) is 0 Å². The Kier molecular flexibility index (Phi) is 3.78. The monoisotopic (exact) mass is 219 g/mol. The van der Waals surface area contributed by atoms with Crippen LogP contribution in [0.4, 0.5) is 5.82 Å². The Bertz CT molecular complexity index is 343. The van der Waals surface area contributed by atoms with E-state index in [0.29, 0.717) is 0 Å². The molecule has 1 aliphatic heterocycles. The molecule has 16 heavy (non-hydrogen) atoms. The molecule has 1 aromatic heterocycles. The summed E-state index contributed by atoms with van der Waals surface area (Å²) in [6, 6.07) is 4.37. The first kappa shape index (κ1) is 11.4. The lowest BCUT2D eigenvalue weighted by Gasteiger charge is -2.28. The second kappa shape index (κ2) is 5.30. The summed E-state index contributed by atoms with van der Waals surface area (Å²) < 4.78 is 0. The van der Waals surface area contributed by atoms with E-state index in [-0.39, 0.29) is 0 Å². The van der Waals surface area contributed by atoms with Crippen LogP contribution in [0.25, 0.3) is 0 Å². The number of rotatable bonds is 3. The topological polar surface area (TPSA) is 28.2 Å². The molecular formula is C13H21N3. The highest BCUT2D eigenvalue weighted by molar-refractivity contribution is 5.43. The average Bonchev–Trinajstić information content (AvgIpc) is 2.30. The molecule has 2 heterocycles. The van der Waals surface area contributed by atoms with Gasteiger partial charge in [-0.1, -0.05) is 0 Å². The van der Waals surface area contributed by atoms with Crippen LogP contribution in [-0.4, -0.2) is 25.1 Å². The normalized spacial score (nSPS) is 16.5. The van der Waals surface area contributed by atoms with E-state index in [4.69, 9.17) is 0 Å². The van der Waals surface area contributed by atoms with E-state index in [1.54, 1.807) is 0 Å². The molecule has 0 amide bonds. The van der Waals surface area contributed by atoms with Crippen molar-refractivity contribution in [3.8, 4) is 0 Å². The highest BCUT2D eigenvalue weighted by atomic mass is 15.2. The summed E-state index contributed by atoms with van der Waals surface area (Å²) in [7, 11) is 1.98. The van der Waals surface area contributed by atoms with E-state index in [0.717, 1.165) is 31.1 Å². The molecule has 0 aliphatic carbocycles. The lowest BCUT2D eigenvalue weighted by molar-refractivity contribution is 0.572. The first-order valence-electron chi connectivity index (χ1n) is 6.17. The average molecular weight is 219 g/mol. The molecule has 0 spiro atoms. The molecule has 0 unspecified atom stereocenters. The van der Waals surface area contributed by atoms with Crippen molar-refractivity contribution in [2.24, 2.45) is 0 Å². The Labute approximate surface area is 97.9 Å². The van der Waals surface area contributed by atoms with Crippen LogP contribution >= 0.6 is 0 Å². The van der Waals surface area contributed by atoms with E-state index in [1.165, 1.54) is 24.8 Å². The quantitative estimate of drug-likeness (QED) is 0.844. The van der Waals surface area contributed by atoms with E-state index in [2.05, 4.69) is 34.3 Å². The fraction of sp³-hybridized carbons (Fsp3) is 0.615. The van der Waals surface area contributed by atoms with E-state index >= 15 is 0 Å². The smallest absolute Gasteiger partial charge is 0.129 e. The van der Waals surface area contributed by atoms with Crippen LogP contribution in [0.15, 0.2) is 12.1 Å². The summed E-state index contributed by atoms with van der Waals surface area (Å²) >= 11 is 0. The maximum absolute atomic E-state index is 4.64. The van der Waals surface area contributed by atoms with Crippen LogP contribution in [0.5, 0.6) is 0 Å². The standard InChI is InChI=1S/C13H21N3/c1-11-8-12(10-14-2)9-13(15-11)16-6-4-3-5-7-16/h8-9,14H,3-7,10H2,1-2H3. The highest BCUT2D eigenvalue weighted by Gasteiger charge is 2.12. The summed E-state index contributed by atoms with van der Waals surface area (Å²) in [6.07, 6.45) is 3.97. The van der Waals surface area contributed by atoms with Gasteiger partial charge in [0.2, 0.25) is 0 Å². The molecule has 3 nitrogen and oxygen atoms in total. The van der Waals surface area contributed by atoms with Crippen molar-refractivity contribution in [2.75, 3.05) is 25.0 Å². The fourth-order valence-electron chi connectivity index (χ4n) is 2.31. The van der Waals surface area contributed by atoms with E-state index in [1.807, 2.05) is 7.05 Å². The van der Waals surface area contributed by atoms with Crippen LogP contribution in [-0.2, 0) is 6.54 Å². The van der Waals surface area contributed by atoms with Crippen LogP contribution in [0.1, 0.15) is 30.5 Å². The van der Waals surface area contributed by atoms with Gasteiger partial charge in [-0.15, -0.1) is 0 Å². The van der Waals surface area contributed by atoms with Crippen molar-refractivity contribution in [3.63, 3.8) is 0 Å². The van der Waals surface area contributed by atoms with Gasteiger partial charge in [-0.25, -0.2) is 4.98 Å². The second-order valence-corrected chi connectivity index (χ2v) is 4.55. The van der Waals surface area contributed by atoms with Crippen molar-refractivity contribution in [2.45, 2.75) is 32.7 Å². The Balaban J connectivity index is 2.18. The van der Waals surface area contributed by atoms with Gasteiger partial charge in [0.05, 0.1) is 0 Å². The lowest BCUT2D eigenvalue weighted by Crippen LogP contribution is -2.30. The second-order valence-electron chi connectivity index (χ2n) is 4.55. The lowest BCUT2D eigenvalue weighted by atomic mass is 10.1. The molecule has 88 valence electrons. The molecule has 0 bridgehead atoms. The van der Waals surface area contributed by atoms with Gasteiger partial charge in [0.15, 0.2) is 0 Å². The van der Waals surface area contributed by atoms with Gasteiger partial charge in [-0.2, -0.15) is 0 Å². The maximum atomic E-state index is 4.64. The van der Waals surface area contributed by atoms with Crippen LogP contribution in [0.3, 0.4) is 0 Å². The highest BCUT2D eigenvalue weighted by Crippen LogP contribution is 2.19. The van der Waals surface area contributed by atoms with Gasteiger partial charge >= 0.3 is 0 Å². The minimum Gasteiger partial charge on any atom is -0.357 e. The van der Waals surface area contributed by atoms with Gasteiger partial charge in [0.25, 0.3) is 0 Å². The third-order valence-corrected chi connectivity index (χ3v) is 3.06. The number of nitrogens with one attached hydrogen (secondary N) is 1. The predicted octanol–water partition coefficient (Wildman–Crippen LogP) is 2.10. The molecule has 3 heteroatoms. The third-order valence-electron chi connectivity index (χ3n) is 3.06. The minimum absolute atomic E-state index is 0.921. The number of piperidine rings is 1. The van der Waals surface area contributed by atoms with Gasteiger partial charge in [0, 0.05) is 25.3 Å². The molecule has 1 N–H and O–H groups in total. The predicted molar refractivity (Wildman–Crippen MR) is 67.8 cm³/mol. The Morgan fingerprint density at radius 1 is 1.25 bits per heavy atom. The fourth-order valence-corrected chi connectivity index (χ4v) is 2.31. The van der Waals surface area contributed by atoms with E-state index < -0.39 is 0 Å². The Hall–Kier alpha value is -1.09. The molecule has 0 radical (unpaired) electrons. The SMILES string of the molecule is CNCc1cc(C)nc(N2CCCCC2)c1. The summed E-state index contributed by atoms with van der Waals surface area (Å²) in [5, 5.41) is 3.20. The Morgan fingerprint density at radius 3 is 2.69 bits per heavy atom. The molecule has 0 atom stereocenters. The van der Waals surface area contributed by atoms with Crippen molar-refractivity contribution in [1.29, 1.82) is 0 Å². The largest absolute Gasteiger partial charge is 0.357 e. The van der Waals surface area contributed by atoms with Crippen LogP contribution < -0.4 is 10.2 Å². The maximum Gasteiger partial charge on any atom is 0.129 e. The number of anilines is 1. The van der Waals surface area contributed by atoms with Crippen molar-refractivity contribution in [1.82, 2.24) is 10.3 Å². The van der Waals surface area contributed by atoms with Crippen LogP contribution in [0, 0.1) is 6.92 Å². The molecule has 1 fully saturated rings. The van der Waals surface area contributed by atoms with Crippen molar-refractivity contribution < 1.29 is 0 Å². The summed E-state index contributed by atoms with van der Waals surface area (Å²) in [5.41, 5.74) is 2.45. The number of pyridine rings is 1. The first-order valence-corrected chi connectivity index (χ1v) is 6.17. The zero-order valence-electron chi connectivity index (χ0n) is 10.3. The van der Waals surface area contributed by atoms with Gasteiger partial charge in [0.1, 0.15) is 5.82 Å². The molecule has 0 aromatic carbocycles. The molecule has 1 aliphatic rings. The molecule has 1 aromatic rings. The molecule has 2 rings (SSSR count). The van der Waals surface area contributed by atoms with Crippen molar-refractivity contribution in [3.05, 3.63) is 23.4 Å². The number of aryl methyl sites for hydroxylation is 1.